The summed E-state index contributed by atoms with van der Waals surface area (Å²) in [6.07, 6.45) is 7.72. The van der Waals surface area contributed by atoms with Crippen LogP contribution in [0, 0.1) is 0 Å². The van der Waals surface area contributed by atoms with Crippen LogP contribution in [0.15, 0.2) is 99.4 Å². The molecule has 3 aromatic carbocycles. The topological polar surface area (TPSA) is 37.6 Å². The Morgan fingerprint density at radius 2 is 1.54 bits per heavy atom. The maximum Gasteiger partial charge on any atom is 0.271 e. The molecule has 0 radical (unpaired) electrons. The van der Waals surface area contributed by atoms with Crippen LogP contribution in [-0.4, -0.2) is 9.44 Å². The van der Waals surface area contributed by atoms with E-state index in [2.05, 4.69) is 35.2 Å². The number of thiazole rings is 1. The van der Waals surface area contributed by atoms with E-state index in [9.17, 15) is 4.79 Å². The molecule has 1 fully saturated rings. The number of rotatable bonds is 3. The second-order valence-electron chi connectivity index (χ2n) is 10.2. The van der Waals surface area contributed by atoms with Crippen molar-refractivity contribution in [3.63, 3.8) is 0 Å². The van der Waals surface area contributed by atoms with Crippen LogP contribution in [0.3, 0.4) is 0 Å². The van der Waals surface area contributed by atoms with Gasteiger partial charge in [-0.05, 0) is 66.4 Å². The predicted molar refractivity (Wildman–Crippen MR) is 163 cm³/mol. The molecule has 39 heavy (non-hydrogen) atoms. The summed E-state index contributed by atoms with van der Waals surface area (Å²) in [4.78, 5) is 23.5. The first-order chi connectivity index (χ1) is 19.0. The van der Waals surface area contributed by atoms with Gasteiger partial charge in [-0.3, -0.25) is 9.36 Å². The van der Waals surface area contributed by atoms with E-state index in [-0.39, 0.29) is 16.5 Å². The summed E-state index contributed by atoms with van der Waals surface area (Å²) < 4.78 is 2.53. The number of nitrogens with zero attached hydrogens (tertiary/aromatic N) is 3. The van der Waals surface area contributed by atoms with E-state index in [1.54, 1.807) is 0 Å². The number of benzene rings is 3. The summed E-state index contributed by atoms with van der Waals surface area (Å²) in [6.45, 7) is 0. The highest BCUT2D eigenvalue weighted by molar-refractivity contribution is 8.04. The summed E-state index contributed by atoms with van der Waals surface area (Å²) in [7, 11) is 0. The zero-order chi connectivity index (χ0) is 26.6. The molecule has 4 nitrogen and oxygen atoms in total. The molecule has 8 heteroatoms. The van der Waals surface area contributed by atoms with Crippen molar-refractivity contribution in [3.8, 4) is 0 Å². The van der Waals surface area contributed by atoms with Crippen LogP contribution in [0.5, 0.6) is 0 Å². The predicted octanol–water partition coefficient (Wildman–Crippen LogP) is 7.35. The van der Waals surface area contributed by atoms with E-state index in [0.29, 0.717) is 19.4 Å². The lowest BCUT2D eigenvalue weighted by Crippen LogP contribution is -2.44. The molecule has 196 valence electrons. The Morgan fingerprint density at radius 1 is 0.872 bits per heavy atom. The molecule has 1 unspecified atom stereocenters. The van der Waals surface area contributed by atoms with Crippen molar-refractivity contribution in [2.75, 3.05) is 4.90 Å². The van der Waals surface area contributed by atoms with Gasteiger partial charge < -0.3 is 4.90 Å². The largest absolute Gasteiger partial charge is 0.310 e. The molecule has 2 aliphatic heterocycles. The molecule has 0 N–H and O–H groups in total. The van der Waals surface area contributed by atoms with E-state index in [1.165, 1.54) is 30.6 Å². The third-order valence-corrected chi connectivity index (χ3v) is 10.8. The quantitative estimate of drug-likeness (QED) is 0.251. The fourth-order valence-corrected chi connectivity index (χ4v) is 8.92. The Morgan fingerprint density at radius 3 is 2.23 bits per heavy atom. The number of para-hydroxylation sites is 1. The first kappa shape index (κ1) is 25.2. The maximum atomic E-state index is 14.0. The van der Waals surface area contributed by atoms with Gasteiger partial charge in [0.2, 0.25) is 0 Å². The minimum absolute atomic E-state index is 0.0309. The third-order valence-electron chi connectivity index (χ3n) is 7.69. The van der Waals surface area contributed by atoms with Crippen LogP contribution < -0.4 is 19.8 Å². The van der Waals surface area contributed by atoms with Gasteiger partial charge in [-0.15, -0.1) is 0 Å². The van der Waals surface area contributed by atoms with Crippen molar-refractivity contribution in [2.45, 2.75) is 43.0 Å². The van der Waals surface area contributed by atoms with Gasteiger partial charge in [-0.25, -0.2) is 4.99 Å². The number of halogens is 2. The average molecular weight is 591 g/mol. The second-order valence-corrected chi connectivity index (χ2v) is 13.4. The molecule has 0 saturated heterocycles. The zero-order valence-electron chi connectivity index (χ0n) is 21.0. The summed E-state index contributed by atoms with van der Waals surface area (Å²) in [5, 5.41) is 1.35. The summed E-state index contributed by atoms with van der Waals surface area (Å²) in [6, 6.07) is 25.8. The maximum absolute atomic E-state index is 14.0. The minimum atomic E-state index is -0.265. The monoisotopic (exact) mass is 589 g/mol. The standard InChI is InChI=1S/C31H25Cl2N3OS2/c32-22-13-9-20(10-14-22)19-25-29(37)35-26(21-11-15-23(33)16-12-21)27-28(34-30(35)38-25)36(24-7-3-1-4-8-24)31(39-27)17-5-2-6-18-31/h1,3-4,7-16,19,26H,2,5-6,17-18H2/b25-19+. The van der Waals surface area contributed by atoms with Gasteiger partial charge in [0.15, 0.2) is 4.80 Å². The summed E-state index contributed by atoms with van der Waals surface area (Å²) in [5.74, 6) is 0.965. The second kappa shape index (κ2) is 10.0. The van der Waals surface area contributed by atoms with Gasteiger partial charge in [-0.2, -0.15) is 0 Å². The molecule has 1 aromatic heterocycles. The summed E-state index contributed by atoms with van der Waals surface area (Å²) >= 11 is 15.7. The number of anilines is 1. The molecule has 1 spiro atoms. The van der Waals surface area contributed by atoms with Gasteiger partial charge in [0.1, 0.15) is 5.82 Å². The fraction of sp³-hybridized carbons (Fsp3) is 0.226. The summed E-state index contributed by atoms with van der Waals surface area (Å²) in [5.41, 5.74) is 3.09. The van der Waals surface area contributed by atoms with Crippen LogP contribution in [-0.2, 0) is 0 Å². The zero-order valence-corrected chi connectivity index (χ0v) is 24.2. The molecule has 4 aromatic rings. The van der Waals surface area contributed by atoms with Crippen LogP contribution in [0.1, 0.15) is 49.3 Å². The Balaban J connectivity index is 1.47. The number of fused-ring (bicyclic) bond motifs is 1. The van der Waals surface area contributed by atoms with Gasteiger partial charge in [0.05, 0.1) is 20.4 Å². The normalized spacial score (nSPS) is 20.2. The Labute approximate surface area is 244 Å². The van der Waals surface area contributed by atoms with E-state index in [1.807, 2.05) is 70.9 Å². The fourth-order valence-electron chi connectivity index (χ4n) is 5.90. The van der Waals surface area contributed by atoms with Crippen molar-refractivity contribution < 1.29 is 0 Å². The lowest BCUT2D eigenvalue weighted by Gasteiger charge is -2.42. The Hall–Kier alpha value is -2.77. The van der Waals surface area contributed by atoms with Crippen molar-refractivity contribution in [3.05, 3.63) is 130 Å². The number of thioether (sulfide) groups is 1. The Bertz CT molecular complexity index is 1750. The molecular weight excluding hydrogens is 565 g/mol. The highest BCUT2D eigenvalue weighted by Gasteiger charge is 2.51. The molecular formula is C31H25Cl2N3OS2. The highest BCUT2D eigenvalue weighted by Crippen LogP contribution is 2.59. The van der Waals surface area contributed by atoms with Crippen molar-refractivity contribution in [2.24, 2.45) is 4.99 Å². The highest BCUT2D eigenvalue weighted by atomic mass is 35.5. The lowest BCUT2D eigenvalue weighted by molar-refractivity contribution is 0.398. The van der Waals surface area contributed by atoms with Crippen LogP contribution in [0.25, 0.3) is 6.08 Å². The van der Waals surface area contributed by atoms with Crippen LogP contribution in [0.2, 0.25) is 10.0 Å². The molecule has 1 aliphatic carbocycles. The number of allylic oxidation sites excluding steroid dienone is 1. The average Bonchev–Trinajstić information content (AvgIpc) is 3.43. The van der Waals surface area contributed by atoms with E-state index < -0.39 is 0 Å². The molecule has 1 atom stereocenters. The van der Waals surface area contributed by atoms with Gasteiger partial charge in [0.25, 0.3) is 5.56 Å². The smallest absolute Gasteiger partial charge is 0.271 e. The first-order valence-corrected chi connectivity index (χ1v) is 15.5. The molecule has 3 aliphatic rings. The van der Waals surface area contributed by atoms with Crippen LogP contribution >= 0.6 is 46.3 Å². The minimum Gasteiger partial charge on any atom is -0.310 e. The van der Waals surface area contributed by atoms with Gasteiger partial charge in [-0.1, -0.05) is 108 Å². The van der Waals surface area contributed by atoms with Crippen molar-refractivity contribution >= 4 is 58.1 Å². The third kappa shape index (κ3) is 4.38. The van der Waals surface area contributed by atoms with Crippen molar-refractivity contribution in [1.82, 2.24) is 4.57 Å². The molecule has 0 amide bonds. The number of aromatic nitrogens is 1. The molecule has 1 saturated carbocycles. The number of hydrogen-bond donors (Lipinski definition) is 0. The van der Waals surface area contributed by atoms with E-state index in [4.69, 9.17) is 28.2 Å². The van der Waals surface area contributed by atoms with E-state index in [0.717, 1.165) is 40.4 Å². The number of hydrogen-bond acceptors (Lipinski definition) is 5. The SMILES string of the molecule is O=c1/c(=C\c2ccc(Cl)cc2)sc2n1C(c1ccc(Cl)cc1)C1=C(N=2)N(c2ccccc2)C2(CCCCC2)S1. The van der Waals surface area contributed by atoms with Gasteiger partial charge >= 0.3 is 0 Å². The first-order valence-electron chi connectivity index (χ1n) is 13.1. The molecule has 0 bridgehead atoms. The van der Waals surface area contributed by atoms with E-state index >= 15 is 0 Å². The molecule has 7 rings (SSSR count). The lowest BCUT2D eigenvalue weighted by atomic mass is 9.92. The Kier molecular flexibility index (Phi) is 6.47. The van der Waals surface area contributed by atoms with Crippen molar-refractivity contribution in [1.29, 1.82) is 0 Å². The van der Waals surface area contributed by atoms with Crippen LogP contribution in [0.4, 0.5) is 5.69 Å². The van der Waals surface area contributed by atoms with Gasteiger partial charge in [0, 0.05) is 15.7 Å². The molecule has 3 heterocycles.